The number of pyridine rings is 1. The maximum Gasteiger partial charge on any atom is 0.255 e. The largest absolute Gasteiger partial charge is 0.497 e. The number of fused-ring (bicyclic) bond motifs is 1. The van der Waals surface area contributed by atoms with Crippen molar-refractivity contribution >= 4 is 15.9 Å². The van der Waals surface area contributed by atoms with Crippen molar-refractivity contribution in [2.24, 2.45) is 5.92 Å². The first kappa shape index (κ1) is 19.8. The topological polar surface area (TPSA) is 79.8 Å². The molecule has 1 aromatic carbocycles. The molecule has 2 saturated heterocycles. The van der Waals surface area contributed by atoms with Crippen LogP contribution in [0.3, 0.4) is 0 Å². The van der Waals surface area contributed by atoms with E-state index >= 15 is 0 Å². The Balaban J connectivity index is 1.46. The van der Waals surface area contributed by atoms with Gasteiger partial charge in [-0.1, -0.05) is 12.1 Å². The molecule has 3 heterocycles. The summed E-state index contributed by atoms with van der Waals surface area (Å²) >= 11 is 0. The molecule has 0 spiro atoms. The van der Waals surface area contributed by atoms with Gasteiger partial charge in [0.15, 0.2) is 0 Å². The minimum Gasteiger partial charge on any atom is -0.497 e. The third-order valence-corrected chi connectivity index (χ3v) is 8.23. The zero-order valence-corrected chi connectivity index (χ0v) is 17.2. The summed E-state index contributed by atoms with van der Waals surface area (Å²) in [7, 11) is -1.80. The number of sulfonamides is 1. The lowest BCUT2D eigenvalue weighted by molar-refractivity contribution is 0.0758. The quantitative estimate of drug-likeness (QED) is 0.765. The third kappa shape index (κ3) is 4.00. The number of nitrogens with zero attached hydrogens (tertiary/aromatic N) is 3. The predicted molar refractivity (Wildman–Crippen MR) is 109 cm³/mol. The Morgan fingerprint density at radius 3 is 2.79 bits per heavy atom. The fourth-order valence-electron chi connectivity index (χ4n) is 4.30. The standard InChI is InChI=1S/C21H25N3O4S/c1-28-19-6-2-4-16(12-19)14-24-15-18-7-10-23(11-8-20(18)29(24,26)27)21(25)17-5-3-9-22-13-17/h2-6,9,12-13,18,20H,7-8,10-11,14-15H2,1H3/t18-,20-/m0/s1. The number of likely N-dealkylation sites (tertiary alicyclic amines) is 1. The Hall–Kier alpha value is -2.45. The summed E-state index contributed by atoms with van der Waals surface area (Å²) in [6, 6.07) is 11.0. The molecule has 2 aromatic rings. The molecular formula is C21H25N3O4S. The van der Waals surface area contributed by atoms with E-state index < -0.39 is 15.3 Å². The molecule has 0 aliphatic carbocycles. The van der Waals surface area contributed by atoms with Crippen molar-refractivity contribution in [2.75, 3.05) is 26.7 Å². The van der Waals surface area contributed by atoms with Crippen LogP contribution in [0, 0.1) is 5.92 Å². The van der Waals surface area contributed by atoms with Crippen molar-refractivity contribution in [3.8, 4) is 5.75 Å². The fourth-order valence-corrected chi connectivity index (χ4v) is 6.52. The lowest BCUT2D eigenvalue weighted by atomic mass is 10.0. The Labute approximate surface area is 171 Å². The van der Waals surface area contributed by atoms with E-state index in [-0.39, 0.29) is 11.8 Å². The molecule has 0 radical (unpaired) electrons. The first-order valence-electron chi connectivity index (χ1n) is 9.80. The van der Waals surface area contributed by atoms with Crippen LogP contribution < -0.4 is 4.74 Å². The van der Waals surface area contributed by atoms with Gasteiger partial charge in [-0.05, 0) is 48.6 Å². The number of aromatic nitrogens is 1. The SMILES string of the molecule is COc1cccc(CN2C[C@@H]3CCN(C(=O)c4cccnc4)CC[C@@H]3S2(=O)=O)c1. The molecule has 0 N–H and O–H groups in total. The van der Waals surface area contributed by atoms with Gasteiger partial charge < -0.3 is 9.64 Å². The number of hydrogen-bond acceptors (Lipinski definition) is 5. The Kier molecular flexibility index (Phi) is 5.56. The first-order valence-corrected chi connectivity index (χ1v) is 11.3. The fraction of sp³-hybridized carbons (Fsp3) is 0.429. The highest BCUT2D eigenvalue weighted by molar-refractivity contribution is 7.90. The number of hydrogen-bond donors (Lipinski definition) is 0. The lowest BCUT2D eigenvalue weighted by Crippen LogP contribution is -2.34. The van der Waals surface area contributed by atoms with Gasteiger partial charge in [-0.3, -0.25) is 9.78 Å². The van der Waals surface area contributed by atoms with E-state index in [1.54, 1.807) is 40.8 Å². The summed E-state index contributed by atoms with van der Waals surface area (Å²) in [5.74, 6) is 0.680. The van der Waals surface area contributed by atoms with E-state index in [0.29, 0.717) is 44.6 Å². The van der Waals surface area contributed by atoms with Crippen LogP contribution in [-0.2, 0) is 16.6 Å². The van der Waals surface area contributed by atoms with Crippen molar-refractivity contribution in [3.05, 3.63) is 59.9 Å². The first-order chi connectivity index (χ1) is 14.0. The zero-order valence-electron chi connectivity index (χ0n) is 16.4. The Morgan fingerprint density at radius 2 is 2.03 bits per heavy atom. The molecular weight excluding hydrogens is 390 g/mol. The predicted octanol–water partition coefficient (Wildman–Crippen LogP) is 2.16. The van der Waals surface area contributed by atoms with Gasteiger partial charge in [-0.25, -0.2) is 8.42 Å². The molecule has 154 valence electrons. The average molecular weight is 416 g/mol. The van der Waals surface area contributed by atoms with Crippen molar-refractivity contribution in [3.63, 3.8) is 0 Å². The van der Waals surface area contributed by atoms with Gasteiger partial charge in [-0.2, -0.15) is 4.31 Å². The van der Waals surface area contributed by atoms with Crippen LogP contribution in [0.1, 0.15) is 28.8 Å². The molecule has 0 saturated carbocycles. The van der Waals surface area contributed by atoms with E-state index in [4.69, 9.17) is 4.74 Å². The highest BCUT2D eigenvalue weighted by atomic mass is 32.2. The summed E-state index contributed by atoms with van der Waals surface area (Å²) in [5, 5.41) is -0.431. The van der Waals surface area contributed by atoms with Crippen LogP contribution >= 0.6 is 0 Å². The minimum absolute atomic E-state index is 0.0392. The van der Waals surface area contributed by atoms with Crippen LogP contribution in [0.2, 0.25) is 0 Å². The van der Waals surface area contributed by atoms with Gasteiger partial charge in [0.2, 0.25) is 10.0 Å². The van der Waals surface area contributed by atoms with Crippen LogP contribution in [0.5, 0.6) is 5.75 Å². The van der Waals surface area contributed by atoms with E-state index in [1.165, 1.54) is 0 Å². The average Bonchev–Trinajstić information content (AvgIpc) is 2.88. The van der Waals surface area contributed by atoms with Crippen molar-refractivity contribution in [1.29, 1.82) is 0 Å². The van der Waals surface area contributed by atoms with Gasteiger partial charge >= 0.3 is 0 Å². The number of carbonyl (C=O) groups is 1. The molecule has 0 bridgehead atoms. The van der Waals surface area contributed by atoms with Gasteiger partial charge in [0, 0.05) is 38.6 Å². The molecule has 2 atom stereocenters. The molecule has 4 rings (SSSR count). The molecule has 0 unspecified atom stereocenters. The number of methoxy groups -OCH3 is 1. The highest BCUT2D eigenvalue weighted by Gasteiger charge is 2.47. The molecule has 2 aliphatic heterocycles. The van der Waals surface area contributed by atoms with Gasteiger partial charge in [0.1, 0.15) is 5.75 Å². The van der Waals surface area contributed by atoms with Crippen LogP contribution in [-0.4, -0.2) is 60.5 Å². The number of benzene rings is 1. The Bertz CT molecular complexity index is 980. The van der Waals surface area contributed by atoms with E-state index in [9.17, 15) is 13.2 Å². The molecule has 2 fully saturated rings. The van der Waals surface area contributed by atoms with Crippen LogP contribution in [0.25, 0.3) is 0 Å². The van der Waals surface area contributed by atoms with Crippen molar-refractivity contribution in [2.45, 2.75) is 24.6 Å². The molecule has 29 heavy (non-hydrogen) atoms. The van der Waals surface area contributed by atoms with Crippen molar-refractivity contribution in [1.82, 2.24) is 14.2 Å². The molecule has 8 heteroatoms. The van der Waals surface area contributed by atoms with Crippen molar-refractivity contribution < 1.29 is 17.9 Å². The van der Waals surface area contributed by atoms with Crippen LogP contribution in [0.4, 0.5) is 0 Å². The molecule has 7 nitrogen and oxygen atoms in total. The maximum absolute atomic E-state index is 13.2. The van der Waals surface area contributed by atoms with Gasteiger partial charge in [0.05, 0.1) is 17.9 Å². The molecule has 1 amide bonds. The number of rotatable bonds is 4. The molecule has 2 aliphatic rings. The normalized spacial score (nSPS) is 24.0. The van der Waals surface area contributed by atoms with E-state index in [2.05, 4.69) is 4.98 Å². The second-order valence-corrected chi connectivity index (χ2v) is 9.75. The van der Waals surface area contributed by atoms with E-state index in [0.717, 1.165) is 11.3 Å². The van der Waals surface area contributed by atoms with Crippen LogP contribution in [0.15, 0.2) is 48.8 Å². The summed E-state index contributed by atoms with van der Waals surface area (Å²) in [5.41, 5.74) is 1.46. The number of carbonyl (C=O) groups excluding carboxylic acids is 1. The monoisotopic (exact) mass is 415 g/mol. The number of ether oxygens (including phenoxy) is 1. The Morgan fingerprint density at radius 1 is 1.21 bits per heavy atom. The third-order valence-electron chi connectivity index (χ3n) is 5.85. The highest BCUT2D eigenvalue weighted by Crippen LogP contribution is 2.35. The smallest absolute Gasteiger partial charge is 0.255 e. The summed E-state index contributed by atoms with van der Waals surface area (Å²) in [6.45, 7) is 1.86. The second kappa shape index (κ2) is 8.12. The van der Waals surface area contributed by atoms with E-state index in [1.807, 2.05) is 24.3 Å². The number of amides is 1. The minimum atomic E-state index is -3.40. The summed E-state index contributed by atoms with van der Waals surface area (Å²) in [4.78, 5) is 18.5. The molecule has 1 aromatic heterocycles. The lowest BCUT2D eigenvalue weighted by Gasteiger charge is -2.22. The maximum atomic E-state index is 13.2. The summed E-state index contributed by atoms with van der Waals surface area (Å²) in [6.07, 6.45) is 4.34. The van der Waals surface area contributed by atoms with Gasteiger partial charge in [0.25, 0.3) is 5.91 Å². The zero-order chi connectivity index (χ0) is 20.4. The van der Waals surface area contributed by atoms with Gasteiger partial charge in [-0.15, -0.1) is 0 Å². The second-order valence-electron chi connectivity index (χ2n) is 7.60. The summed E-state index contributed by atoms with van der Waals surface area (Å²) < 4.78 is 33.2.